The van der Waals surface area contributed by atoms with Crippen molar-refractivity contribution in [2.75, 3.05) is 12.3 Å². The molecule has 8 heteroatoms. The molecule has 1 saturated heterocycles. The minimum atomic E-state index is -0.709. The van der Waals surface area contributed by atoms with E-state index in [9.17, 15) is 10.2 Å². The van der Waals surface area contributed by atoms with Gasteiger partial charge in [-0.2, -0.15) is 0 Å². The van der Waals surface area contributed by atoms with E-state index in [1.165, 1.54) is 6.33 Å². The Balaban J connectivity index is 2.04. The van der Waals surface area contributed by atoms with E-state index < -0.39 is 12.2 Å². The fourth-order valence-corrected chi connectivity index (χ4v) is 3.34. The second kappa shape index (κ2) is 4.85. The summed E-state index contributed by atoms with van der Waals surface area (Å²) in [5, 5.41) is 19.2. The van der Waals surface area contributed by atoms with Crippen molar-refractivity contribution in [1.29, 1.82) is 0 Å². The Kier molecular flexibility index (Phi) is 3.33. The Morgan fingerprint density at radius 2 is 2.26 bits per heavy atom. The van der Waals surface area contributed by atoms with Gasteiger partial charge in [-0.05, 0) is 0 Å². The predicted molar refractivity (Wildman–Crippen MR) is 76.8 cm³/mol. The molecule has 0 saturated carbocycles. The fraction of sp³-hybridized carbons (Fsp3) is 0.455. The van der Waals surface area contributed by atoms with E-state index in [4.69, 9.17) is 10.5 Å². The maximum atomic E-state index is 9.99. The molecule has 1 aliphatic heterocycles. The number of H-pyrrole nitrogens is 1. The first-order valence-electron chi connectivity index (χ1n) is 5.79. The maximum absolute atomic E-state index is 9.99. The number of aliphatic hydroxyl groups excluding tert-OH is 2. The van der Waals surface area contributed by atoms with Gasteiger partial charge in [-0.3, -0.25) is 0 Å². The summed E-state index contributed by atoms with van der Waals surface area (Å²) >= 11 is 2.13. The van der Waals surface area contributed by atoms with Gasteiger partial charge < -0.3 is 25.7 Å². The van der Waals surface area contributed by atoms with Crippen LogP contribution < -0.4 is 5.73 Å². The highest BCUT2D eigenvalue weighted by molar-refractivity contribution is 14.1. The number of nitrogens with two attached hydrogens (primary N) is 1. The van der Waals surface area contributed by atoms with Gasteiger partial charge in [0.05, 0.1) is 22.2 Å². The third-order valence-electron chi connectivity index (χ3n) is 3.33. The lowest BCUT2D eigenvalue weighted by atomic mass is 10.1. The number of anilines is 1. The molecule has 0 spiro atoms. The number of ether oxygens (including phenoxy) is 1. The van der Waals surface area contributed by atoms with Gasteiger partial charge in [-0.1, -0.05) is 22.6 Å². The van der Waals surface area contributed by atoms with E-state index in [2.05, 4.69) is 37.5 Å². The van der Waals surface area contributed by atoms with Crippen molar-refractivity contribution in [1.82, 2.24) is 15.0 Å². The normalized spacial score (nSPS) is 31.1. The zero-order chi connectivity index (χ0) is 13.6. The average Bonchev–Trinajstić information content (AvgIpc) is 2.94. The number of rotatable bonds is 2. The Morgan fingerprint density at radius 3 is 2.95 bits per heavy atom. The highest BCUT2D eigenvalue weighted by atomic mass is 127. The lowest BCUT2D eigenvalue weighted by Crippen LogP contribution is -2.29. The third-order valence-corrected chi connectivity index (χ3v) is 4.72. The van der Waals surface area contributed by atoms with Gasteiger partial charge in [0.1, 0.15) is 24.1 Å². The number of nitrogens with one attached hydrogen (secondary N) is 1. The van der Waals surface area contributed by atoms with Crippen molar-refractivity contribution in [3.8, 4) is 0 Å². The molecule has 7 nitrogen and oxygen atoms in total. The van der Waals surface area contributed by atoms with Crippen LogP contribution in [0.25, 0.3) is 11.0 Å². The molecule has 0 aromatic carbocycles. The van der Waals surface area contributed by atoms with Crippen molar-refractivity contribution < 1.29 is 14.9 Å². The lowest BCUT2D eigenvalue weighted by molar-refractivity contribution is -0.0222. The summed E-state index contributed by atoms with van der Waals surface area (Å²) < 4.78 is 5.54. The van der Waals surface area contributed by atoms with E-state index in [1.807, 2.05) is 0 Å². The first kappa shape index (κ1) is 13.0. The topological polar surface area (TPSA) is 117 Å². The number of aliphatic hydroxyl groups is 2. The van der Waals surface area contributed by atoms with E-state index in [0.717, 1.165) is 5.56 Å². The van der Waals surface area contributed by atoms with Gasteiger partial charge >= 0.3 is 0 Å². The molecule has 0 amide bonds. The van der Waals surface area contributed by atoms with Gasteiger partial charge in [0.25, 0.3) is 0 Å². The second-order valence-corrected chi connectivity index (χ2v) is 5.88. The van der Waals surface area contributed by atoms with Gasteiger partial charge in [0, 0.05) is 11.8 Å². The fourth-order valence-electron chi connectivity index (χ4n) is 2.32. The number of nitrogen functional groups attached to an aromatic ring is 1. The monoisotopic (exact) mass is 376 g/mol. The van der Waals surface area contributed by atoms with Crippen LogP contribution in [0.3, 0.4) is 0 Å². The zero-order valence-corrected chi connectivity index (χ0v) is 12.0. The summed E-state index contributed by atoms with van der Waals surface area (Å²) in [7, 11) is 0. The molecule has 5 N–H and O–H groups in total. The number of hydrogen-bond donors (Lipinski definition) is 4. The molecule has 3 rings (SSSR count). The Bertz CT molecular complexity index is 605. The second-order valence-electron chi connectivity index (χ2n) is 4.44. The maximum Gasteiger partial charge on any atom is 0.151 e. The molecule has 0 aliphatic carbocycles. The number of alkyl halides is 1. The molecule has 0 radical (unpaired) electrons. The summed E-state index contributed by atoms with van der Waals surface area (Å²) in [5.74, 6) is 0.374. The van der Waals surface area contributed by atoms with Crippen molar-refractivity contribution in [2.45, 2.75) is 22.2 Å². The Morgan fingerprint density at radius 1 is 1.47 bits per heavy atom. The molecular weight excluding hydrogens is 363 g/mol. The predicted octanol–water partition coefficient (Wildman–Crippen LogP) is 0.137. The Labute approximate surface area is 122 Å². The quantitative estimate of drug-likeness (QED) is 0.438. The average molecular weight is 376 g/mol. The van der Waals surface area contributed by atoms with Crippen LogP contribution in [0.1, 0.15) is 11.7 Å². The van der Waals surface area contributed by atoms with Crippen molar-refractivity contribution in [2.24, 2.45) is 0 Å². The van der Waals surface area contributed by atoms with Crippen LogP contribution >= 0.6 is 22.6 Å². The summed E-state index contributed by atoms with van der Waals surface area (Å²) in [6.45, 7) is -0.212. The first-order chi connectivity index (χ1) is 9.13. The number of nitrogens with zero attached hydrogens (tertiary/aromatic N) is 2. The molecule has 19 heavy (non-hydrogen) atoms. The number of aromatic nitrogens is 3. The van der Waals surface area contributed by atoms with Crippen LogP contribution in [0, 0.1) is 0 Å². The van der Waals surface area contributed by atoms with Crippen molar-refractivity contribution >= 4 is 39.4 Å². The minimum Gasteiger partial charge on any atom is -0.394 e. The van der Waals surface area contributed by atoms with Crippen LogP contribution in [0.4, 0.5) is 5.82 Å². The molecule has 102 valence electrons. The molecular formula is C11H13IN4O3. The van der Waals surface area contributed by atoms with E-state index in [-0.39, 0.29) is 16.6 Å². The number of halogens is 1. The highest BCUT2D eigenvalue weighted by Crippen LogP contribution is 2.40. The number of hydrogen-bond acceptors (Lipinski definition) is 6. The van der Waals surface area contributed by atoms with Gasteiger partial charge in [-0.25, -0.2) is 9.97 Å². The molecule has 3 heterocycles. The third kappa shape index (κ3) is 1.98. The van der Waals surface area contributed by atoms with E-state index >= 15 is 0 Å². The molecule has 0 bridgehead atoms. The molecule has 1 aliphatic rings. The lowest BCUT2D eigenvalue weighted by Gasteiger charge is -2.12. The summed E-state index contributed by atoms with van der Waals surface area (Å²) in [4.78, 5) is 11.1. The van der Waals surface area contributed by atoms with Crippen molar-refractivity contribution in [3.05, 3.63) is 18.1 Å². The number of aromatic amines is 1. The van der Waals surface area contributed by atoms with Crippen LogP contribution in [0.5, 0.6) is 0 Å². The van der Waals surface area contributed by atoms with E-state index in [1.54, 1.807) is 6.20 Å². The molecule has 1 fully saturated rings. The zero-order valence-electron chi connectivity index (χ0n) is 9.82. The minimum absolute atomic E-state index is 0.162. The van der Waals surface area contributed by atoms with Crippen LogP contribution in [-0.4, -0.2) is 47.9 Å². The van der Waals surface area contributed by atoms with Crippen LogP contribution in [0.15, 0.2) is 12.5 Å². The summed E-state index contributed by atoms with van der Waals surface area (Å²) in [5.41, 5.74) is 7.93. The SMILES string of the molecule is Nc1ncnc2c([C@@H]3O[C@H](CO)[C@@H](O)[C@@H]3I)c[nH]c12. The van der Waals surface area contributed by atoms with Crippen LogP contribution in [0.2, 0.25) is 0 Å². The molecule has 4 atom stereocenters. The smallest absolute Gasteiger partial charge is 0.151 e. The highest BCUT2D eigenvalue weighted by Gasteiger charge is 2.43. The standard InChI is InChI=1S/C11H13IN4O3/c12-6-9(18)5(2-17)19-10(6)4-1-14-8-7(4)15-3-16-11(8)13/h1,3,5-6,9-10,14,17-18H,2H2,(H2,13,15,16)/t5-,6+,9-,10+/m1/s1. The van der Waals surface area contributed by atoms with Gasteiger partial charge in [0.2, 0.25) is 0 Å². The Hall–Kier alpha value is -0.970. The summed E-state index contributed by atoms with van der Waals surface area (Å²) in [6.07, 6.45) is 1.54. The molecule has 0 unspecified atom stereocenters. The largest absolute Gasteiger partial charge is 0.394 e. The van der Waals surface area contributed by atoms with Crippen molar-refractivity contribution in [3.63, 3.8) is 0 Å². The molecule has 2 aromatic heterocycles. The first-order valence-corrected chi connectivity index (χ1v) is 7.04. The summed E-state index contributed by atoms with van der Waals surface area (Å²) in [6, 6.07) is 0. The van der Waals surface area contributed by atoms with Gasteiger partial charge in [0.15, 0.2) is 5.82 Å². The molecule has 2 aromatic rings. The van der Waals surface area contributed by atoms with Crippen LogP contribution in [-0.2, 0) is 4.74 Å². The van der Waals surface area contributed by atoms with E-state index in [0.29, 0.717) is 16.9 Å². The van der Waals surface area contributed by atoms with Gasteiger partial charge in [-0.15, -0.1) is 0 Å². The number of fused-ring (bicyclic) bond motifs is 1.